The molecular formula is C25H31FO. The summed E-state index contributed by atoms with van der Waals surface area (Å²) in [4.78, 5) is 0. The Hall–Kier alpha value is -2.09. The summed E-state index contributed by atoms with van der Waals surface area (Å²) in [6.45, 7) is 3.00. The minimum Gasteiger partial charge on any atom is -0.494 e. The maximum Gasteiger partial charge on any atom is 0.119 e. The number of hydrogen-bond donors (Lipinski definition) is 0. The lowest BCUT2D eigenvalue weighted by atomic mass is 9.78. The Morgan fingerprint density at radius 3 is 2.11 bits per heavy atom. The molecule has 27 heavy (non-hydrogen) atoms. The fraction of sp³-hybridized carbons (Fsp3) is 0.440. The van der Waals surface area contributed by atoms with Crippen molar-refractivity contribution in [3.05, 3.63) is 66.5 Å². The lowest BCUT2D eigenvalue weighted by molar-refractivity contribution is 0.306. The standard InChI is InChI=1S/C25H31FO/c1-2-3-4-19-27-25-15-13-24(14-16-25)23-11-9-22(10-12-23)21-7-5-20(6-8-21)17-18-26/h9-18,20-21H,2-8,19H2,1H3. The van der Waals surface area contributed by atoms with Crippen molar-refractivity contribution in [3.8, 4) is 16.9 Å². The summed E-state index contributed by atoms with van der Waals surface area (Å²) < 4.78 is 18.1. The first-order valence-corrected chi connectivity index (χ1v) is 10.4. The van der Waals surface area contributed by atoms with Crippen LogP contribution in [0.5, 0.6) is 5.75 Å². The molecule has 0 aromatic heterocycles. The van der Waals surface area contributed by atoms with E-state index in [1.54, 1.807) is 6.08 Å². The van der Waals surface area contributed by atoms with Crippen LogP contribution in [0.1, 0.15) is 63.4 Å². The van der Waals surface area contributed by atoms with Crippen molar-refractivity contribution in [1.29, 1.82) is 0 Å². The van der Waals surface area contributed by atoms with E-state index in [0.29, 0.717) is 18.2 Å². The Balaban J connectivity index is 1.55. The summed E-state index contributed by atoms with van der Waals surface area (Å²) in [6, 6.07) is 17.4. The van der Waals surface area contributed by atoms with Crippen LogP contribution in [0.4, 0.5) is 4.39 Å². The van der Waals surface area contributed by atoms with Gasteiger partial charge < -0.3 is 4.74 Å². The second-order valence-electron chi connectivity index (χ2n) is 7.63. The topological polar surface area (TPSA) is 9.23 Å². The molecule has 0 saturated heterocycles. The van der Waals surface area contributed by atoms with Gasteiger partial charge in [0.05, 0.1) is 12.9 Å². The van der Waals surface area contributed by atoms with Crippen molar-refractivity contribution < 1.29 is 9.13 Å². The quantitative estimate of drug-likeness (QED) is 0.435. The number of hydrogen-bond acceptors (Lipinski definition) is 1. The Labute approximate surface area is 163 Å². The SMILES string of the molecule is CCCCCOc1ccc(-c2ccc(C3CCC(C=CF)CC3)cc2)cc1. The molecule has 0 N–H and O–H groups in total. The van der Waals surface area contributed by atoms with Crippen molar-refractivity contribution in [2.24, 2.45) is 5.92 Å². The average Bonchev–Trinajstić information content (AvgIpc) is 2.73. The van der Waals surface area contributed by atoms with Gasteiger partial charge in [0.2, 0.25) is 0 Å². The fourth-order valence-corrected chi connectivity index (χ4v) is 3.98. The summed E-state index contributed by atoms with van der Waals surface area (Å²) in [5.41, 5.74) is 3.88. The first kappa shape index (κ1) is 19.7. The van der Waals surface area contributed by atoms with Crippen molar-refractivity contribution >= 4 is 0 Å². The molecule has 0 radical (unpaired) electrons. The highest BCUT2D eigenvalue weighted by Gasteiger charge is 2.20. The van der Waals surface area contributed by atoms with E-state index in [0.717, 1.165) is 44.5 Å². The van der Waals surface area contributed by atoms with E-state index in [1.165, 1.54) is 29.5 Å². The third-order valence-corrected chi connectivity index (χ3v) is 5.70. The lowest BCUT2D eigenvalue weighted by Gasteiger charge is -2.27. The zero-order valence-electron chi connectivity index (χ0n) is 16.4. The van der Waals surface area contributed by atoms with Crippen molar-refractivity contribution in [3.63, 3.8) is 0 Å². The van der Waals surface area contributed by atoms with Gasteiger partial charge in [-0.05, 0) is 72.8 Å². The van der Waals surface area contributed by atoms with Crippen LogP contribution in [-0.2, 0) is 0 Å². The number of allylic oxidation sites excluding steroid dienone is 1. The molecule has 0 amide bonds. The van der Waals surface area contributed by atoms with E-state index < -0.39 is 0 Å². The van der Waals surface area contributed by atoms with Gasteiger partial charge >= 0.3 is 0 Å². The normalized spacial score (nSPS) is 20.1. The van der Waals surface area contributed by atoms with Crippen LogP contribution in [-0.4, -0.2) is 6.61 Å². The van der Waals surface area contributed by atoms with Crippen molar-refractivity contribution in [2.75, 3.05) is 6.61 Å². The fourth-order valence-electron chi connectivity index (χ4n) is 3.98. The molecule has 2 aromatic carbocycles. The molecule has 0 bridgehead atoms. The van der Waals surface area contributed by atoms with Gasteiger partial charge in [-0.3, -0.25) is 0 Å². The molecule has 2 heteroatoms. The molecule has 0 unspecified atom stereocenters. The van der Waals surface area contributed by atoms with Crippen LogP contribution in [0.3, 0.4) is 0 Å². The van der Waals surface area contributed by atoms with Gasteiger partial charge in [0.25, 0.3) is 0 Å². The Bertz CT molecular complexity index is 694. The van der Waals surface area contributed by atoms with Gasteiger partial charge in [-0.1, -0.05) is 62.2 Å². The molecule has 2 aromatic rings. The lowest BCUT2D eigenvalue weighted by Crippen LogP contribution is -2.11. The molecular weight excluding hydrogens is 335 g/mol. The Morgan fingerprint density at radius 2 is 1.52 bits per heavy atom. The molecule has 144 valence electrons. The number of halogens is 1. The predicted octanol–water partition coefficient (Wildman–Crippen LogP) is 7.68. The average molecular weight is 367 g/mol. The summed E-state index contributed by atoms with van der Waals surface area (Å²) in [6.07, 6.45) is 10.5. The summed E-state index contributed by atoms with van der Waals surface area (Å²) >= 11 is 0. The van der Waals surface area contributed by atoms with Crippen molar-refractivity contribution in [2.45, 2.75) is 57.8 Å². The molecule has 0 spiro atoms. The molecule has 1 aliphatic rings. The van der Waals surface area contributed by atoms with Gasteiger partial charge in [0.15, 0.2) is 0 Å². The minimum absolute atomic E-state index is 0.424. The van der Waals surface area contributed by atoms with E-state index in [2.05, 4.69) is 55.5 Å². The largest absolute Gasteiger partial charge is 0.494 e. The smallest absolute Gasteiger partial charge is 0.119 e. The van der Waals surface area contributed by atoms with E-state index in [9.17, 15) is 4.39 Å². The van der Waals surface area contributed by atoms with Crippen LogP contribution in [0.25, 0.3) is 11.1 Å². The number of unbranched alkanes of at least 4 members (excludes halogenated alkanes) is 2. The molecule has 0 aliphatic heterocycles. The zero-order chi connectivity index (χ0) is 18.9. The van der Waals surface area contributed by atoms with Crippen molar-refractivity contribution in [1.82, 2.24) is 0 Å². The Morgan fingerprint density at radius 1 is 0.889 bits per heavy atom. The number of benzene rings is 2. The molecule has 0 heterocycles. The van der Waals surface area contributed by atoms with E-state index in [1.807, 2.05) is 0 Å². The highest BCUT2D eigenvalue weighted by molar-refractivity contribution is 5.64. The predicted molar refractivity (Wildman–Crippen MR) is 112 cm³/mol. The molecule has 1 nitrogen and oxygen atoms in total. The van der Waals surface area contributed by atoms with E-state index >= 15 is 0 Å². The molecule has 1 aliphatic carbocycles. The van der Waals surface area contributed by atoms with Gasteiger partial charge in [0, 0.05) is 0 Å². The Kier molecular flexibility index (Phi) is 7.50. The van der Waals surface area contributed by atoms with Crippen LogP contribution in [0, 0.1) is 5.92 Å². The number of rotatable bonds is 8. The van der Waals surface area contributed by atoms with E-state index in [4.69, 9.17) is 4.74 Å². The zero-order valence-corrected chi connectivity index (χ0v) is 16.4. The van der Waals surface area contributed by atoms with Gasteiger partial charge in [0.1, 0.15) is 5.75 Å². The van der Waals surface area contributed by atoms with Gasteiger partial charge in [-0.2, -0.15) is 0 Å². The van der Waals surface area contributed by atoms with Crippen LogP contribution in [0.2, 0.25) is 0 Å². The van der Waals surface area contributed by atoms with E-state index in [-0.39, 0.29) is 0 Å². The molecule has 1 fully saturated rings. The highest BCUT2D eigenvalue weighted by atomic mass is 19.1. The first-order valence-electron chi connectivity index (χ1n) is 10.4. The molecule has 3 rings (SSSR count). The second-order valence-corrected chi connectivity index (χ2v) is 7.63. The number of ether oxygens (including phenoxy) is 1. The maximum atomic E-state index is 12.3. The third kappa shape index (κ3) is 5.69. The summed E-state index contributed by atoms with van der Waals surface area (Å²) in [7, 11) is 0. The maximum absolute atomic E-state index is 12.3. The van der Waals surface area contributed by atoms with Crippen LogP contribution >= 0.6 is 0 Å². The van der Waals surface area contributed by atoms with Crippen LogP contribution in [0.15, 0.2) is 60.9 Å². The summed E-state index contributed by atoms with van der Waals surface area (Å²) in [5, 5.41) is 0. The summed E-state index contributed by atoms with van der Waals surface area (Å²) in [5.74, 6) is 1.99. The van der Waals surface area contributed by atoms with Gasteiger partial charge in [-0.25, -0.2) is 4.39 Å². The van der Waals surface area contributed by atoms with Gasteiger partial charge in [-0.15, -0.1) is 0 Å². The third-order valence-electron chi connectivity index (χ3n) is 5.70. The molecule has 1 saturated carbocycles. The second kappa shape index (κ2) is 10.3. The minimum atomic E-state index is 0.424. The first-order chi connectivity index (χ1) is 13.3. The monoisotopic (exact) mass is 366 g/mol. The highest BCUT2D eigenvalue weighted by Crippen LogP contribution is 2.37. The molecule has 0 atom stereocenters. The van der Waals surface area contributed by atoms with Crippen LogP contribution < -0.4 is 4.74 Å².